The normalized spacial score (nSPS) is 15.2. The number of rotatable bonds is 3. The standard InChI is InChI=1S/C18H22N6/c1-13-10-15(22-18-16(11-19)20-12-14(2)21-18)4-5-17(13)24-8-6-23(3)7-9-24/h4-5,10,12H,6-9H2,1-3H3,(H,21,22). The molecule has 0 aliphatic carbocycles. The lowest BCUT2D eigenvalue weighted by molar-refractivity contribution is 0.312. The molecule has 6 nitrogen and oxygen atoms in total. The second-order valence-electron chi connectivity index (χ2n) is 6.24. The molecule has 0 unspecified atom stereocenters. The summed E-state index contributed by atoms with van der Waals surface area (Å²) in [5.41, 5.74) is 4.48. The fourth-order valence-electron chi connectivity index (χ4n) is 2.92. The Morgan fingerprint density at radius 1 is 1.17 bits per heavy atom. The van der Waals surface area contributed by atoms with Gasteiger partial charge in [-0.1, -0.05) is 0 Å². The van der Waals surface area contributed by atoms with Gasteiger partial charge in [0.15, 0.2) is 11.5 Å². The highest BCUT2D eigenvalue weighted by Crippen LogP contribution is 2.26. The molecule has 2 heterocycles. The molecule has 1 saturated heterocycles. The van der Waals surface area contributed by atoms with Gasteiger partial charge in [0, 0.05) is 43.8 Å². The van der Waals surface area contributed by atoms with E-state index in [-0.39, 0.29) is 0 Å². The van der Waals surface area contributed by atoms with Crippen molar-refractivity contribution in [3.05, 3.63) is 41.3 Å². The number of anilines is 3. The first kappa shape index (κ1) is 16.2. The number of nitrogens with zero attached hydrogens (tertiary/aromatic N) is 5. The summed E-state index contributed by atoms with van der Waals surface area (Å²) in [4.78, 5) is 13.3. The van der Waals surface area contributed by atoms with E-state index in [1.165, 1.54) is 11.3 Å². The van der Waals surface area contributed by atoms with Gasteiger partial charge in [-0.25, -0.2) is 9.97 Å². The first-order valence-electron chi connectivity index (χ1n) is 8.12. The number of aryl methyl sites for hydroxylation is 2. The first-order valence-corrected chi connectivity index (χ1v) is 8.12. The first-order chi connectivity index (χ1) is 11.6. The number of aromatic nitrogens is 2. The van der Waals surface area contributed by atoms with E-state index in [0.29, 0.717) is 11.5 Å². The zero-order valence-electron chi connectivity index (χ0n) is 14.4. The maximum absolute atomic E-state index is 9.17. The molecule has 1 aliphatic rings. The average molecular weight is 322 g/mol. The van der Waals surface area contributed by atoms with Crippen molar-refractivity contribution in [1.82, 2.24) is 14.9 Å². The van der Waals surface area contributed by atoms with Gasteiger partial charge in [-0.05, 0) is 44.7 Å². The molecule has 3 rings (SSSR count). The van der Waals surface area contributed by atoms with Crippen LogP contribution in [0.4, 0.5) is 17.2 Å². The van der Waals surface area contributed by atoms with E-state index in [1.807, 2.05) is 13.0 Å². The summed E-state index contributed by atoms with van der Waals surface area (Å²) in [6.07, 6.45) is 1.60. The number of nitrogens with one attached hydrogen (secondary N) is 1. The fraction of sp³-hybridized carbons (Fsp3) is 0.389. The van der Waals surface area contributed by atoms with Crippen LogP contribution in [0.3, 0.4) is 0 Å². The summed E-state index contributed by atoms with van der Waals surface area (Å²) in [5, 5.41) is 12.4. The van der Waals surface area contributed by atoms with Gasteiger partial charge in [0.2, 0.25) is 0 Å². The Kier molecular flexibility index (Phi) is 4.63. The second-order valence-corrected chi connectivity index (χ2v) is 6.24. The number of hydrogen-bond donors (Lipinski definition) is 1. The highest BCUT2D eigenvalue weighted by atomic mass is 15.2. The van der Waals surface area contributed by atoms with Gasteiger partial charge >= 0.3 is 0 Å². The van der Waals surface area contributed by atoms with Crippen LogP contribution in [0.5, 0.6) is 0 Å². The molecule has 0 spiro atoms. The number of hydrogen-bond acceptors (Lipinski definition) is 6. The summed E-state index contributed by atoms with van der Waals surface area (Å²) in [6, 6.07) is 8.34. The Morgan fingerprint density at radius 2 is 1.92 bits per heavy atom. The smallest absolute Gasteiger partial charge is 0.183 e. The molecule has 1 aromatic carbocycles. The molecule has 0 atom stereocenters. The fourth-order valence-corrected chi connectivity index (χ4v) is 2.92. The predicted octanol–water partition coefficient (Wildman–Crippen LogP) is 2.46. The van der Waals surface area contributed by atoms with Crippen molar-refractivity contribution in [1.29, 1.82) is 5.26 Å². The monoisotopic (exact) mass is 322 g/mol. The van der Waals surface area contributed by atoms with Crippen molar-refractivity contribution < 1.29 is 0 Å². The number of likely N-dealkylation sites (N-methyl/N-ethyl adjacent to an activating group) is 1. The minimum atomic E-state index is 0.307. The third-order valence-corrected chi connectivity index (χ3v) is 4.30. The van der Waals surface area contributed by atoms with E-state index in [9.17, 15) is 5.26 Å². The lowest BCUT2D eigenvalue weighted by Crippen LogP contribution is -2.44. The Hall–Kier alpha value is -2.65. The second kappa shape index (κ2) is 6.85. The molecule has 1 fully saturated rings. The van der Waals surface area contributed by atoms with Crippen LogP contribution in [-0.2, 0) is 0 Å². The average Bonchev–Trinajstić information content (AvgIpc) is 2.56. The molecule has 2 aromatic rings. The third-order valence-electron chi connectivity index (χ3n) is 4.30. The van der Waals surface area contributed by atoms with Crippen molar-refractivity contribution >= 4 is 17.2 Å². The van der Waals surface area contributed by atoms with Crippen molar-refractivity contribution in [2.24, 2.45) is 0 Å². The molecule has 124 valence electrons. The zero-order chi connectivity index (χ0) is 17.1. The minimum absolute atomic E-state index is 0.307. The lowest BCUT2D eigenvalue weighted by atomic mass is 10.1. The molecule has 24 heavy (non-hydrogen) atoms. The molecule has 1 aliphatic heterocycles. The summed E-state index contributed by atoms with van der Waals surface area (Å²) < 4.78 is 0. The molecule has 0 saturated carbocycles. The summed E-state index contributed by atoms with van der Waals surface area (Å²) in [7, 11) is 2.16. The van der Waals surface area contributed by atoms with Crippen LogP contribution in [0.1, 0.15) is 17.0 Å². The van der Waals surface area contributed by atoms with Gasteiger partial charge in [-0.2, -0.15) is 5.26 Å². The molecular weight excluding hydrogens is 300 g/mol. The quantitative estimate of drug-likeness (QED) is 0.936. The van der Waals surface area contributed by atoms with Gasteiger partial charge in [0.25, 0.3) is 0 Å². The lowest BCUT2D eigenvalue weighted by Gasteiger charge is -2.35. The summed E-state index contributed by atoms with van der Waals surface area (Å²) in [5.74, 6) is 0.504. The van der Waals surface area contributed by atoms with E-state index in [1.54, 1.807) is 6.20 Å². The largest absolute Gasteiger partial charge is 0.369 e. The van der Waals surface area contributed by atoms with E-state index in [0.717, 1.165) is 37.6 Å². The van der Waals surface area contributed by atoms with Gasteiger partial charge < -0.3 is 15.1 Å². The summed E-state index contributed by atoms with van der Waals surface area (Å²) in [6.45, 7) is 8.25. The Labute approximate surface area is 142 Å². The molecular formula is C18H22N6. The van der Waals surface area contributed by atoms with Gasteiger partial charge in [0.05, 0.1) is 5.69 Å². The highest BCUT2D eigenvalue weighted by molar-refractivity contribution is 5.66. The van der Waals surface area contributed by atoms with Crippen molar-refractivity contribution in [2.75, 3.05) is 43.4 Å². The summed E-state index contributed by atoms with van der Waals surface area (Å²) >= 11 is 0. The zero-order valence-corrected chi connectivity index (χ0v) is 14.4. The maximum atomic E-state index is 9.17. The van der Waals surface area contributed by atoms with Gasteiger partial charge in [-0.15, -0.1) is 0 Å². The van der Waals surface area contributed by atoms with Gasteiger partial charge in [0.1, 0.15) is 6.07 Å². The number of nitriles is 1. The topological polar surface area (TPSA) is 68.1 Å². The van der Waals surface area contributed by atoms with Crippen LogP contribution in [0.25, 0.3) is 0 Å². The third kappa shape index (κ3) is 3.47. The van der Waals surface area contributed by atoms with Crippen molar-refractivity contribution in [3.63, 3.8) is 0 Å². The Balaban J connectivity index is 1.80. The predicted molar refractivity (Wildman–Crippen MR) is 95.7 cm³/mol. The minimum Gasteiger partial charge on any atom is -0.369 e. The molecule has 6 heteroatoms. The van der Waals surface area contributed by atoms with Crippen LogP contribution >= 0.6 is 0 Å². The van der Waals surface area contributed by atoms with E-state index in [2.05, 4.69) is 57.3 Å². The SMILES string of the molecule is Cc1cnc(C#N)c(Nc2ccc(N3CCN(C)CC3)c(C)c2)n1. The maximum Gasteiger partial charge on any atom is 0.183 e. The van der Waals surface area contributed by atoms with Crippen LogP contribution in [-0.4, -0.2) is 48.1 Å². The van der Waals surface area contributed by atoms with Crippen molar-refractivity contribution in [2.45, 2.75) is 13.8 Å². The molecule has 0 radical (unpaired) electrons. The van der Waals surface area contributed by atoms with Gasteiger partial charge in [-0.3, -0.25) is 0 Å². The molecule has 0 bridgehead atoms. The molecule has 1 aromatic heterocycles. The molecule has 1 N–H and O–H groups in total. The molecule has 0 amide bonds. The van der Waals surface area contributed by atoms with Crippen LogP contribution in [0.2, 0.25) is 0 Å². The van der Waals surface area contributed by atoms with E-state index < -0.39 is 0 Å². The van der Waals surface area contributed by atoms with E-state index >= 15 is 0 Å². The number of benzene rings is 1. The van der Waals surface area contributed by atoms with Crippen LogP contribution < -0.4 is 10.2 Å². The van der Waals surface area contributed by atoms with E-state index in [4.69, 9.17) is 0 Å². The Morgan fingerprint density at radius 3 is 2.58 bits per heavy atom. The Bertz CT molecular complexity index is 772. The van der Waals surface area contributed by atoms with Crippen LogP contribution in [0.15, 0.2) is 24.4 Å². The van der Waals surface area contributed by atoms with Crippen LogP contribution in [0, 0.1) is 25.2 Å². The van der Waals surface area contributed by atoms with Crippen molar-refractivity contribution in [3.8, 4) is 6.07 Å². The highest BCUT2D eigenvalue weighted by Gasteiger charge is 2.16. The number of piperazine rings is 1.